The van der Waals surface area contributed by atoms with Crippen LogP contribution in [0.5, 0.6) is 11.5 Å². The van der Waals surface area contributed by atoms with Crippen LogP contribution >= 0.6 is 11.6 Å². The molecule has 0 fully saturated rings. The fraction of sp³-hybridized carbons (Fsp3) is 0.263. The van der Waals surface area contributed by atoms with E-state index in [-0.39, 0.29) is 16.3 Å². The van der Waals surface area contributed by atoms with Crippen molar-refractivity contribution in [3.8, 4) is 22.9 Å². The third-order valence-electron chi connectivity index (χ3n) is 4.70. The van der Waals surface area contributed by atoms with Crippen LogP contribution in [0.25, 0.3) is 11.4 Å². The number of hydrogen-bond donors (Lipinski definition) is 2. The Bertz CT molecular complexity index is 1070. The number of phenols is 1. The number of halogens is 1. The molecule has 0 aliphatic carbocycles. The number of nitrogens with one attached hydrogen (secondary N) is 1. The van der Waals surface area contributed by atoms with Crippen LogP contribution in [0.1, 0.15) is 16.8 Å². The first kappa shape index (κ1) is 18.4. The van der Waals surface area contributed by atoms with Crippen LogP contribution < -0.4 is 10.3 Å². The summed E-state index contributed by atoms with van der Waals surface area (Å²) in [5.74, 6) is 0.733. The van der Waals surface area contributed by atoms with E-state index in [4.69, 9.17) is 16.3 Å². The second-order valence-corrected chi connectivity index (χ2v) is 6.96. The van der Waals surface area contributed by atoms with Crippen molar-refractivity contribution in [2.24, 2.45) is 0 Å². The Morgan fingerprint density at radius 1 is 1.32 bits per heavy atom. The summed E-state index contributed by atoms with van der Waals surface area (Å²) in [4.78, 5) is 30.1. The molecule has 0 amide bonds. The second kappa shape index (κ2) is 7.57. The highest BCUT2D eigenvalue weighted by molar-refractivity contribution is 6.32. The van der Waals surface area contributed by atoms with Crippen molar-refractivity contribution >= 4 is 11.6 Å². The summed E-state index contributed by atoms with van der Waals surface area (Å²) in [6.45, 7) is 1.79. The number of aromatic nitrogens is 4. The molecule has 1 aromatic carbocycles. The number of aromatic amines is 1. The molecular formula is C19H18ClN5O3. The second-order valence-electron chi connectivity index (χ2n) is 6.56. The van der Waals surface area contributed by atoms with Crippen molar-refractivity contribution in [1.29, 1.82) is 0 Å². The SMILES string of the molecule is COc1cc(CN2CCc3nc(-c4cncnc4)[nH]c(=O)c3C2)cc(Cl)c1O. The Hall–Kier alpha value is -2.97. The maximum atomic E-state index is 12.6. The molecule has 2 N–H and O–H groups in total. The van der Waals surface area contributed by atoms with Gasteiger partial charge in [-0.2, -0.15) is 0 Å². The molecular weight excluding hydrogens is 382 g/mol. The predicted molar refractivity (Wildman–Crippen MR) is 103 cm³/mol. The van der Waals surface area contributed by atoms with Crippen LogP contribution in [-0.2, 0) is 19.5 Å². The van der Waals surface area contributed by atoms with Gasteiger partial charge in [-0.3, -0.25) is 9.69 Å². The average molecular weight is 400 g/mol. The van der Waals surface area contributed by atoms with Gasteiger partial charge in [0, 0.05) is 38.4 Å². The summed E-state index contributed by atoms with van der Waals surface area (Å²) < 4.78 is 5.16. The van der Waals surface area contributed by atoms with Gasteiger partial charge in [0.1, 0.15) is 12.2 Å². The lowest BCUT2D eigenvalue weighted by molar-refractivity contribution is 0.241. The third kappa shape index (κ3) is 3.56. The largest absolute Gasteiger partial charge is 0.503 e. The Balaban J connectivity index is 1.57. The number of nitrogens with zero attached hydrogens (tertiary/aromatic N) is 4. The summed E-state index contributed by atoms with van der Waals surface area (Å²) in [6, 6.07) is 3.45. The fourth-order valence-electron chi connectivity index (χ4n) is 3.31. The van der Waals surface area contributed by atoms with Crippen LogP contribution in [0.15, 0.2) is 35.6 Å². The van der Waals surface area contributed by atoms with Gasteiger partial charge in [0.05, 0.1) is 29.0 Å². The zero-order valence-electron chi connectivity index (χ0n) is 15.1. The molecule has 0 atom stereocenters. The summed E-state index contributed by atoms with van der Waals surface area (Å²) in [5, 5.41) is 10.1. The van der Waals surface area contributed by atoms with Gasteiger partial charge in [-0.1, -0.05) is 11.6 Å². The molecule has 1 aliphatic rings. The van der Waals surface area contributed by atoms with Gasteiger partial charge >= 0.3 is 0 Å². The Kier molecular flexibility index (Phi) is 4.97. The van der Waals surface area contributed by atoms with E-state index in [0.29, 0.717) is 42.2 Å². The lowest BCUT2D eigenvalue weighted by Crippen LogP contribution is -2.35. The Morgan fingerprint density at radius 3 is 2.86 bits per heavy atom. The first-order chi connectivity index (χ1) is 13.5. The van der Waals surface area contributed by atoms with E-state index in [1.54, 1.807) is 24.5 Å². The number of rotatable bonds is 4. The highest BCUT2D eigenvalue weighted by atomic mass is 35.5. The van der Waals surface area contributed by atoms with Crippen molar-refractivity contribution in [2.45, 2.75) is 19.5 Å². The number of phenolic OH excluding ortho intramolecular Hbond substituents is 1. The zero-order valence-corrected chi connectivity index (χ0v) is 15.9. The van der Waals surface area contributed by atoms with E-state index in [9.17, 15) is 9.90 Å². The molecule has 3 heterocycles. The number of fused-ring (bicyclic) bond motifs is 1. The molecule has 3 aromatic rings. The number of methoxy groups -OCH3 is 1. The van der Waals surface area contributed by atoms with E-state index in [0.717, 1.165) is 17.8 Å². The summed E-state index contributed by atoms with van der Waals surface area (Å²) in [5.41, 5.74) is 2.86. The third-order valence-corrected chi connectivity index (χ3v) is 4.98. The van der Waals surface area contributed by atoms with E-state index < -0.39 is 0 Å². The smallest absolute Gasteiger partial charge is 0.255 e. The maximum absolute atomic E-state index is 12.6. The molecule has 0 unspecified atom stereocenters. The monoisotopic (exact) mass is 399 g/mol. The number of ether oxygens (including phenoxy) is 1. The molecule has 8 nitrogen and oxygen atoms in total. The Morgan fingerprint density at radius 2 is 2.11 bits per heavy atom. The topological polar surface area (TPSA) is 104 Å². The minimum atomic E-state index is -0.158. The quantitative estimate of drug-likeness (QED) is 0.692. The zero-order chi connectivity index (χ0) is 19.7. The lowest BCUT2D eigenvalue weighted by Gasteiger charge is -2.28. The van der Waals surface area contributed by atoms with Crippen LogP contribution in [0.2, 0.25) is 5.02 Å². The number of aromatic hydroxyl groups is 1. The molecule has 0 saturated heterocycles. The average Bonchev–Trinajstić information content (AvgIpc) is 2.71. The van der Waals surface area contributed by atoms with E-state index >= 15 is 0 Å². The first-order valence-corrected chi connectivity index (χ1v) is 9.08. The van der Waals surface area contributed by atoms with Crippen molar-refractivity contribution in [2.75, 3.05) is 13.7 Å². The highest BCUT2D eigenvalue weighted by Crippen LogP contribution is 2.35. The minimum absolute atomic E-state index is 0.0741. The molecule has 144 valence electrons. The van der Waals surface area contributed by atoms with Gasteiger partial charge < -0.3 is 14.8 Å². The lowest BCUT2D eigenvalue weighted by atomic mass is 10.1. The predicted octanol–water partition coefficient (Wildman–Crippen LogP) is 2.15. The van der Waals surface area contributed by atoms with Gasteiger partial charge in [-0.15, -0.1) is 0 Å². The van der Waals surface area contributed by atoms with E-state index in [1.807, 2.05) is 0 Å². The fourth-order valence-corrected chi connectivity index (χ4v) is 3.54. The van der Waals surface area contributed by atoms with Crippen molar-refractivity contribution in [3.63, 3.8) is 0 Å². The molecule has 9 heteroatoms. The molecule has 1 aliphatic heterocycles. The minimum Gasteiger partial charge on any atom is -0.503 e. The molecule has 0 spiro atoms. The maximum Gasteiger partial charge on any atom is 0.255 e. The normalized spacial score (nSPS) is 13.9. The summed E-state index contributed by atoms with van der Waals surface area (Å²) in [6.07, 6.45) is 5.33. The van der Waals surface area contributed by atoms with Crippen LogP contribution in [0.4, 0.5) is 0 Å². The van der Waals surface area contributed by atoms with Crippen molar-refractivity contribution < 1.29 is 9.84 Å². The van der Waals surface area contributed by atoms with Gasteiger partial charge in [0.25, 0.3) is 5.56 Å². The summed E-state index contributed by atoms with van der Waals surface area (Å²) in [7, 11) is 1.48. The number of hydrogen-bond acceptors (Lipinski definition) is 7. The standard InChI is InChI=1S/C19H18ClN5O3/c1-28-16-5-11(4-14(20)17(16)26)8-25-3-2-15-13(9-25)19(27)24-18(23-15)12-6-21-10-22-7-12/h4-7,10,26H,2-3,8-9H2,1H3,(H,23,24,27). The Labute approximate surface area is 165 Å². The van der Waals surface area contributed by atoms with E-state index in [1.165, 1.54) is 13.4 Å². The molecule has 28 heavy (non-hydrogen) atoms. The van der Waals surface area contributed by atoms with E-state index in [2.05, 4.69) is 24.8 Å². The number of H-pyrrole nitrogens is 1. The van der Waals surface area contributed by atoms with Crippen molar-refractivity contribution in [1.82, 2.24) is 24.8 Å². The first-order valence-electron chi connectivity index (χ1n) is 8.70. The summed E-state index contributed by atoms with van der Waals surface area (Å²) >= 11 is 6.07. The molecule has 0 saturated carbocycles. The van der Waals surface area contributed by atoms with Crippen LogP contribution in [-0.4, -0.2) is 43.6 Å². The van der Waals surface area contributed by atoms with Gasteiger partial charge in [0.15, 0.2) is 11.5 Å². The van der Waals surface area contributed by atoms with Crippen LogP contribution in [0.3, 0.4) is 0 Å². The van der Waals surface area contributed by atoms with Gasteiger partial charge in [-0.25, -0.2) is 15.0 Å². The van der Waals surface area contributed by atoms with Crippen molar-refractivity contribution in [3.05, 3.63) is 63.1 Å². The molecule has 0 bridgehead atoms. The highest BCUT2D eigenvalue weighted by Gasteiger charge is 2.22. The van der Waals surface area contributed by atoms with Gasteiger partial charge in [-0.05, 0) is 17.7 Å². The van der Waals surface area contributed by atoms with Crippen LogP contribution in [0, 0.1) is 0 Å². The molecule has 0 radical (unpaired) electrons. The molecule has 2 aromatic heterocycles. The van der Waals surface area contributed by atoms with Gasteiger partial charge in [0.2, 0.25) is 0 Å². The number of benzene rings is 1. The molecule has 4 rings (SSSR count).